The monoisotopic (exact) mass is 436 g/mol. The molecule has 0 aliphatic carbocycles. The maximum Gasteiger partial charge on any atom is 0.268 e. The lowest BCUT2D eigenvalue weighted by atomic mass is 10.1. The van der Waals surface area contributed by atoms with Crippen molar-refractivity contribution in [2.45, 2.75) is 25.7 Å². The Kier molecular flexibility index (Phi) is 5.95. The van der Waals surface area contributed by atoms with Gasteiger partial charge in [-0.1, -0.05) is 6.07 Å². The second kappa shape index (κ2) is 8.45. The zero-order valence-corrected chi connectivity index (χ0v) is 17.9. The van der Waals surface area contributed by atoms with Gasteiger partial charge in [0.05, 0.1) is 16.1 Å². The molecule has 3 aromatic rings. The Bertz CT molecular complexity index is 1380. The molecule has 0 saturated carbocycles. The normalized spacial score (nSPS) is 11.4. The number of benzene rings is 2. The number of hydrogen-bond donors (Lipinski definition) is 3. The van der Waals surface area contributed by atoms with E-state index in [0.29, 0.717) is 16.9 Å². The molecule has 3 N–H and O–H groups in total. The Morgan fingerprint density at radius 3 is 2.39 bits per heavy atom. The van der Waals surface area contributed by atoms with Crippen LogP contribution >= 0.6 is 0 Å². The molecule has 2 aromatic carbocycles. The van der Waals surface area contributed by atoms with E-state index < -0.39 is 21.5 Å². The van der Waals surface area contributed by atoms with Crippen LogP contribution in [0, 0.1) is 32.1 Å². The number of nitriles is 1. The first-order valence-corrected chi connectivity index (χ1v) is 10.7. The standard InChI is InChI=1S/C22H20N4O4S/c1-13-4-5-17(10-14(13)2)26-31(29,30)18-8-6-16(7-9-18)24-12-20-15(3)19(11-23)21(27)25-22(20)28/h4-10,12,26H,1-3H3,(H2,25,27,28). The molecule has 0 fully saturated rings. The second-order valence-corrected chi connectivity index (χ2v) is 8.67. The minimum Gasteiger partial charge on any atom is -0.494 e. The van der Waals surface area contributed by atoms with Crippen molar-refractivity contribution in [3.05, 3.63) is 80.6 Å². The predicted octanol–water partition coefficient (Wildman–Crippen LogP) is 3.43. The molecule has 158 valence electrons. The van der Waals surface area contributed by atoms with Crippen LogP contribution in [0.3, 0.4) is 0 Å². The number of nitrogens with one attached hydrogen (secondary N) is 2. The van der Waals surface area contributed by atoms with Gasteiger partial charge in [-0.15, -0.1) is 0 Å². The van der Waals surface area contributed by atoms with Crippen LogP contribution in [0.5, 0.6) is 5.88 Å². The Morgan fingerprint density at radius 1 is 1.10 bits per heavy atom. The molecular weight excluding hydrogens is 416 g/mol. The highest BCUT2D eigenvalue weighted by Crippen LogP contribution is 2.22. The summed E-state index contributed by atoms with van der Waals surface area (Å²) >= 11 is 0. The quantitative estimate of drug-likeness (QED) is 0.527. The lowest BCUT2D eigenvalue weighted by molar-refractivity contribution is 0.450. The summed E-state index contributed by atoms with van der Waals surface area (Å²) in [7, 11) is -3.77. The topological polar surface area (TPSA) is 135 Å². The first-order valence-electron chi connectivity index (χ1n) is 9.22. The van der Waals surface area contributed by atoms with Crippen LogP contribution in [0.25, 0.3) is 0 Å². The molecule has 0 unspecified atom stereocenters. The Hall–Kier alpha value is -3.90. The molecule has 0 bridgehead atoms. The summed E-state index contributed by atoms with van der Waals surface area (Å²) in [6.07, 6.45) is 1.30. The fourth-order valence-electron chi connectivity index (χ4n) is 2.88. The van der Waals surface area contributed by atoms with Gasteiger partial charge in [0.15, 0.2) is 0 Å². The van der Waals surface area contributed by atoms with Crippen LogP contribution in [0.15, 0.2) is 57.1 Å². The molecule has 1 heterocycles. The number of pyridine rings is 1. The summed E-state index contributed by atoms with van der Waals surface area (Å²) < 4.78 is 27.8. The van der Waals surface area contributed by atoms with E-state index in [4.69, 9.17) is 5.26 Å². The Labute approximate surface area is 179 Å². The van der Waals surface area contributed by atoms with Gasteiger partial charge in [0.2, 0.25) is 5.88 Å². The van der Waals surface area contributed by atoms with E-state index in [9.17, 15) is 18.3 Å². The minimum atomic E-state index is -3.77. The van der Waals surface area contributed by atoms with E-state index in [2.05, 4.69) is 14.7 Å². The number of hydrogen-bond acceptors (Lipinski definition) is 6. The molecule has 0 aliphatic heterocycles. The highest BCUT2D eigenvalue weighted by atomic mass is 32.2. The molecular formula is C22H20N4O4S. The molecule has 8 nitrogen and oxygen atoms in total. The van der Waals surface area contributed by atoms with Crippen LogP contribution < -0.4 is 10.3 Å². The number of rotatable bonds is 5. The van der Waals surface area contributed by atoms with Crippen molar-refractivity contribution in [2.75, 3.05) is 4.72 Å². The van der Waals surface area contributed by atoms with Gasteiger partial charge < -0.3 is 5.11 Å². The summed E-state index contributed by atoms with van der Waals surface area (Å²) in [5.41, 5.74) is 2.64. The molecule has 3 rings (SSSR count). The largest absolute Gasteiger partial charge is 0.494 e. The number of aromatic amines is 1. The van der Waals surface area contributed by atoms with Gasteiger partial charge in [-0.05, 0) is 73.9 Å². The molecule has 31 heavy (non-hydrogen) atoms. The van der Waals surface area contributed by atoms with Crippen molar-refractivity contribution in [1.82, 2.24) is 4.98 Å². The fourth-order valence-corrected chi connectivity index (χ4v) is 3.93. The third kappa shape index (κ3) is 4.65. The maximum atomic E-state index is 12.6. The van der Waals surface area contributed by atoms with Crippen molar-refractivity contribution in [1.29, 1.82) is 5.26 Å². The van der Waals surface area contributed by atoms with Gasteiger partial charge in [-0.2, -0.15) is 5.26 Å². The van der Waals surface area contributed by atoms with Crippen LogP contribution in [-0.4, -0.2) is 24.7 Å². The first-order chi connectivity index (χ1) is 14.6. The summed E-state index contributed by atoms with van der Waals surface area (Å²) in [6.45, 7) is 5.38. The number of nitrogens with zero attached hydrogens (tertiary/aromatic N) is 2. The average molecular weight is 436 g/mol. The van der Waals surface area contributed by atoms with Gasteiger partial charge in [0, 0.05) is 11.9 Å². The molecule has 0 amide bonds. The molecule has 0 aliphatic rings. The average Bonchev–Trinajstić information content (AvgIpc) is 2.71. The Balaban J connectivity index is 1.84. The molecule has 0 atom stereocenters. The number of aromatic hydroxyl groups is 1. The van der Waals surface area contributed by atoms with E-state index in [0.717, 1.165) is 11.1 Å². The van der Waals surface area contributed by atoms with E-state index in [1.165, 1.54) is 37.4 Å². The number of aromatic nitrogens is 1. The zero-order valence-electron chi connectivity index (χ0n) is 17.1. The van der Waals surface area contributed by atoms with E-state index in [1.54, 1.807) is 18.2 Å². The third-order valence-electron chi connectivity index (χ3n) is 4.85. The second-order valence-electron chi connectivity index (χ2n) is 6.98. The molecule has 0 spiro atoms. The van der Waals surface area contributed by atoms with Crippen molar-refractivity contribution >= 4 is 27.6 Å². The van der Waals surface area contributed by atoms with Crippen molar-refractivity contribution in [3.63, 3.8) is 0 Å². The van der Waals surface area contributed by atoms with E-state index in [1.807, 2.05) is 19.9 Å². The van der Waals surface area contributed by atoms with Gasteiger partial charge in [-0.25, -0.2) is 8.42 Å². The lowest BCUT2D eigenvalue weighted by Crippen LogP contribution is -2.14. The number of aliphatic imine (C=N–C) groups is 1. The summed E-state index contributed by atoms with van der Waals surface area (Å²) in [4.78, 5) is 18.1. The van der Waals surface area contributed by atoms with Crippen LogP contribution in [-0.2, 0) is 10.0 Å². The van der Waals surface area contributed by atoms with Crippen LogP contribution in [0.4, 0.5) is 11.4 Å². The lowest BCUT2D eigenvalue weighted by Gasteiger charge is -2.10. The summed E-state index contributed by atoms with van der Waals surface area (Å²) in [5.74, 6) is -0.401. The first kappa shape index (κ1) is 21.8. The number of aryl methyl sites for hydroxylation is 2. The van der Waals surface area contributed by atoms with Crippen molar-refractivity contribution in [3.8, 4) is 11.9 Å². The minimum absolute atomic E-state index is 0.0690. The Morgan fingerprint density at radius 2 is 1.77 bits per heavy atom. The van der Waals surface area contributed by atoms with E-state index >= 15 is 0 Å². The number of H-pyrrole nitrogens is 1. The predicted molar refractivity (Wildman–Crippen MR) is 119 cm³/mol. The van der Waals surface area contributed by atoms with Gasteiger partial charge in [0.1, 0.15) is 11.6 Å². The van der Waals surface area contributed by atoms with Crippen molar-refractivity contribution in [2.24, 2.45) is 4.99 Å². The van der Waals surface area contributed by atoms with E-state index in [-0.39, 0.29) is 16.0 Å². The third-order valence-corrected chi connectivity index (χ3v) is 6.25. The number of sulfonamides is 1. The van der Waals surface area contributed by atoms with Crippen molar-refractivity contribution < 1.29 is 13.5 Å². The van der Waals surface area contributed by atoms with Crippen LogP contribution in [0.2, 0.25) is 0 Å². The highest BCUT2D eigenvalue weighted by molar-refractivity contribution is 7.92. The van der Waals surface area contributed by atoms with Gasteiger partial charge in [-0.3, -0.25) is 19.5 Å². The molecule has 9 heteroatoms. The zero-order chi connectivity index (χ0) is 22.8. The SMILES string of the molecule is Cc1ccc(NS(=O)(=O)c2ccc(N=Cc3c(O)[nH]c(=O)c(C#N)c3C)cc2)cc1C. The fraction of sp³-hybridized carbons (Fsp3) is 0.136. The van der Waals surface area contributed by atoms with Gasteiger partial charge >= 0.3 is 0 Å². The summed E-state index contributed by atoms with van der Waals surface area (Å²) in [6, 6.07) is 12.9. The van der Waals surface area contributed by atoms with Gasteiger partial charge in [0.25, 0.3) is 15.6 Å². The number of anilines is 1. The highest BCUT2D eigenvalue weighted by Gasteiger charge is 2.15. The molecule has 0 radical (unpaired) electrons. The summed E-state index contributed by atoms with van der Waals surface area (Å²) in [5, 5.41) is 19.0. The smallest absolute Gasteiger partial charge is 0.268 e. The van der Waals surface area contributed by atoms with Crippen LogP contribution in [0.1, 0.15) is 27.8 Å². The maximum absolute atomic E-state index is 12.6. The molecule has 1 aromatic heterocycles. The molecule has 0 saturated heterocycles.